The first-order valence-electron chi connectivity index (χ1n) is 8.78. The molecular weight excluding hydrogens is 378 g/mol. The van der Waals surface area contributed by atoms with Crippen molar-refractivity contribution in [3.05, 3.63) is 24.3 Å². The summed E-state index contributed by atoms with van der Waals surface area (Å²) in [6.07, 6.45) is 0.900. The van der Waals surface area contributed by atoms with E-state index in [0.717, 1.165) is 32.6 Å². The number of nitrogens with one attached hydrogen (secondary N) is 1. The van der Waals surface area contributed by atoms with Crippen molar-refractivity contribution >= 4 is 22.4 Å². The van der Waals surface area contributed by atoms with Gasteiger partial charge in [0.2, 0.25) is 10.0 Å². The minimum atomic E-state index is -3.44. The van der Waals surface area contributed by atoms with Gasteiger partial charge in [0.25, 0.3) is 0 Å². The summed E-state index contributed by atoms with van der Waals surface area (Å²) in [5.41, 5.74) is 0. The number of hydrogen-bond acceptors (Lipinski definition) is 6. The largest absolute Gasteiger partial charge is 0.491 e. The molecule has 2 heterocycles. The van der Waals surface area contributed by atoms with Crippen molar-refractivity contribution in [3.63, 3.8) is 0 Å². The Morgan fingerprint density at radius 1 is 1.12 bits per heavy atom. The summed E-state index contributed by atoms with van der Waals surface area (Å²) in [4.78, 5) is 2.73. The standard InChI is InChI=1S/C17H27N3O4S.ClH/c1-23-12-13-24-16-2-4-17(5-3-16)25(21,22)20-9-6-15(14-20)19-10-7-18-8-11-19;/h2-5,15,18H,6-14H2,1H3;1H. The molecule has 0 aliphatic carbocycles. The number of ether oxygens (including phenoxy) is 2. The zero-order valence-corrected chi connectivity index (χ0v) is 16.7. The van der Waals surface area contributed by atoms with E-state index in [2.05, 4.69) is 10.2 Å². The highest BCUT2D eigenvalue weighted by atomic mass is 35.5. The van der Waals surface area contributed by atoms with E-state index in [9.17, 15) is 8.42 Å². The maximum atomic E-state index is 12.9. The molecule has 0 amide bonds. The van der Waals surface area contributed by atoms with E-state index in [1.165, 1.54) is 0 Å². The fourth-order valence-electron chi connectivity index (χ4n) is 3.37. The Bertz CT molecular complexity index is 650. The molecule has 2 saturated heterocycles. The van der Waals surface area contributed by atoms with Gasteiger partial charge in [0.15, 0.2) is 0 Å². The molecule has 1 N–H and O–H groups in total. The number of sulfonamides is 1. The van der Waals surface area contributed by atoms with E-state index < -0.39 is 10.0 Å². The molecule has 2 aliphatic rings. The zero-order valence-electron chi connectivity index (χ0n) is 15.1. The molecule has 0 spiro atoms. The van der Waals surface area contributed by atoms with Crippen LogP contribution in [0.1, 0.15) is 6.42 Å². The van der Waals surface area contributed by atoms with Crippen LogP contribution >= 0.6 is 12.4 Å². The maximum Gasteiger partial charge on any atom is 0.243 e. The normalized spacial score (nSPS) is 22.1. The van der Waals surface area contributed by atoms with Gasteiger partial charge >= 0.3 is 0 Å². The Balaban J connectivity index is 0.00000243. The van der Waals surface area contributed by atoms with E-state index in [1.807, 2.05) is 0 Å². The molecule has 1 unspecified atom stereocenters. The molecule has 7 nitrogen and oxygen atoms in total. The molecule has 26 heavy (non-hydrogen) atoms. The lowest BCUT2D eigenvalue weighted by atomic mass is 10.2. The highest BCUT2D eigenvalue weighted by Crippen LogP contribution is 2.25. The SMILES string of the molecule is COCCOc1ccc(S(=O)(=O)N2CCC(N3CCNCC3)C2)cc1.Cl. The second-order valence-electron chi connectivity index (χ2n) is 6.40. The first-order valence-corrected chi connectivity index (χ1v) is 10.2. The van der Waals surface area contributed by atoms with Gasteiger partial charge in [0.1, 0.15) is 12.4 Å². The van der Waals surface area contributed by atoms with E-state index in [4.69, 9.17) is 9.47 Å². The Labute approximate surface area is 162 Å². The van der Waals surface area contributed by atoms with Crippen molar-refractivity contribution in [1.29, 1.82) is 0 Å². The third kappa shape index (κ3) is 5.09. The van der Waals surface area contributed by atoms with Crippen LogP contribution in [0, 0.1) is 0 Å². The van der Waals surface area contributed by atoms with Gasteiger partial charge in [-0.2, -0.15) is 4.31 Å². The van der Waals surface area contributed by atoms with Crippen LogP contribution in [-0.2, 0) is 14.8 Å². The van der Waals surface area contributed by atoms with Crippen molar-refractivity contribution < 1.29 is 17.9 Å². The number of halogens is 1. The first kappa shape index (κ1) is 21.4. The third-order valence-electron chi connectivity index (χ3n) is 4.81. The van der Waals surface area contributed by atoms with Crippen LogP contribution in [0.25, 0.3) is 0 Å². The number of hydrogen-bond donors (Lipinski definition) is 1. The summed E-state index contributed by atoms with van der Waals surface area (Å²) in [6, 6.07) is 6.97. The van der Waals surface area contributed by atoms with Crippen LogP contribution in [0.2, 0.25) is 0 Å². The average molecular weight is 406 g/mol. The highest BCUT2D eigenvalue weighted by molar-refractivity contribution is 7.89. The van der Waals surface area contributed by atoms with E-state index in [-0.39, 0.29) is 12.4 Å². The summed E-state index contributed by atoms with van der Waals surface area (Å²) < 4.78 is 37.8. The molecule has 0 saturated carbocycles. The Morgan fingerprint density at radius 2 is 1.81 bits per heavy atom. The molecule has 3 rings (SSSR count). The summed E-state index contributed by atoms with van der Waals surface area (Å²) in [6.45, 7) is 6.06. The van der Waals surface area contributed by atoms with Crippen molar-refractivity contribution in [2.75, 3.05) is 59.6 Å². The van der Waals surface area contributed by atoms with Crippen LogP contribution < -0.4 is 10.1 Å². The van der Waals surface area contributed by atoms with Gasteiger partial charge in [0.05, 0.1) is 11.5 Å². The zero-order chi connectivity index (χ0) is 17.7. The molecule has 1 aromatic rings. The van der Waals surface area contributed by atoms with Crippen LogP contribution in [0.5, 0.6) is 5.75 Å². The van der Waals surface area contributed by atoms with Crippen molar-refractivity contribution in [1.82, 2.24) is 14.5 Å². The molecule has 2 aliphatic heterocycles. The van der Waals surface area contributed by atoms with E-state index in [0.29, 0.717) is 43.0 Å². The molecule has 1 aromatic carbocycles. The lowest BCUT2D eigenvalue weighted by Gasteiger charge is -2.32. The van der Waals surface area contributed by atoms with Crippen LogP contribution in [0.3, 0.4) is 0 Å². The lowest BCUT2D eigenvalue weighted by Crippen LogP contribution is -2.49. The third-order valence-corrected chi connectivity index (χ3v) is 6.69. The summed E-state index contributed by atoms with van der Waals surface area (Å²) in [7, 11) is -1.83. The van der Waals surface area contributed by atoms with E-state index in [1.54, 1.807) is 35.7 Å². The Hall–Kier alpha value is -0.900. The van der Waals surface area contributed by atoms with Gasteiger partial charge in [0, 0.05) is 52.4 Å². The average Bonchev–Trinajstić information content (AvgIpc) is 3.14. The van der Waals surface area contributed by atoms with Crippen molar-refractivity contribution in [2.24, 2.45) is 0 Å². The molecule has 0 radical (unpaired) electrons. The highest BCUT2D eigenvalue weighted by Gasteiger charge is 2.35. The van der Waals surface area contributed by atoms with Gasteiger partial charge in [-0.15, -0.1) is 12.4 Å². The molecule has 148 valence electrons. The summed E-state index contributed by atoms with van der Waals surface area (Å²) in [5, 5.41) is 3.34. The Morgan fingerprint density at radius 3 is 2.46 bits per heavy atom. The fraction of sp³-hybridized carbons (Fsp3) is 0.647. The van der Waals surface area contributed by atoms with Gasteiger partial charge in [-0.25, -0.2) is 8.42 Å². The minimum Gasteiger partial charge on any atom is -0.491 e. The molecule has 9 heteroatoms. The van der Waals surface area contributed by atoms with Crippen LogP contribution in [0.15, 0.2) is 29.2 Å². The molecule has 0 bridgehead atoms. The topological polar surface area (TPSA) is 71.1 Å². The second kappa shape index (κ2) is 9.87. The smallest absolute Gasteiger partial charge is 0.243 e. The predicted octanol–water partition coefficient (Wildman–Crippen LogP) is 0.802. The van der Waals surface area contributed by atoms with Gasteiger partial charge in [-0.3, -0.25) is 4.90 Å². The molecule has 0 aromatic heterocycles. The van der Waals surface area contributed by atoms with E-state index >= 15 is 0 Å². The van der Waals surface area contributed by atoms with Crippen molar-refractivity contribution in [3.8, 4) is 5.75 Å². The summed E-state index contributed by atoms with van der Waals surface area (Å²) in [5.74, 6) is 0.649. The maximum absolute atomic E-state index is 12.9. The number of methoxy groups -OCH3 is 1. The second-order valence-corrected chi connectivity index (χ2v) is 8.34. The predicted molar refractivity (Wildman–Crippen MR) is 103 cm³/mol. The minimum absolute atomic E-state index is 0. The number of nitrogens with zero attached hydrogens (tertiary/aromatic N) is 2. The molecular formula is C17H28ClN3O4S. The summed E-state index contributed by atoms with van der Waals surface area (Å²) >= 11 is 0. The monoisotopic (exact) mass is 405 g/mol. The number of rotatable bonds is 7. The fourth-order valence-corrected chi connectivity index (χ4v) is 4.87. The number of benzene rings is 1. The Kier molecular flexibility index (Phi) is 8.12. The van der Waals surface area contributed by atoms with Crippen molar-refractivity contribution in [2.45, 2.75) is 17.4 Å². The first-order chi connectivity index (χ1) is 12.1. The van der Waals surface area contributed by atoms with Gasteiger partial charge < -0.3 is 14.8 Å². The van der Waals surface area contributed by atoms with Gasteiger partial charge in [-0.1, -0.05) is 0 Å². The van der Waals surface area contributed by atoms with Crippen LogP contribution in [-0.4, -0.2) is 83.3 Å². The van der Waals surface area contributed by atoms with Crippen LogP contribution in [0.4, 0.5) is 0 Å². The quantitative estimate of drug-likeness (QED) is 0.677. The molecule has 2 fully saturated rings. The number of piperazine rings is 1. The van der Waals surface area contributed by atoms with Gasteiger partial charge in [-0.05, 0) is 30.7 Å². The lowest BCUT2D eigenvalue weighted by molar-refractivity contribution is 0.146. The molecule has 1 atom stereocenters.